The summed E-state index contributed by atoms with van der Waals surface area (Å²) in [6, 6.07) is 12.4. The zero-order valence-electron chi connectivity index (χ0n) is 19.6. The summed E-state index contributed by atoms with van der Waals surface area (Å²) in [7, 11) is 0. The Hall–Kier alpha value is -3.52. The molecule has 180 valence electrons. The van der Waals surface area contributed by atoms with E-state index in [1.54, 1.807) is 74.2 Å². The van der Waals surface area contributed by atoms with E-state index in [9.17, 15) is 14.4 Å². The Bertz CT molecular complexity index is 1100. The maximum atomic E-state index is 12.9. The summed E-state index contributed by atoms with van der Waals surface area (Å²) in [5.74, 6) is -0.471. The van der Waals surface area contributed by atoms with Gasteiger partial charge in [0.05, 0.1) is 17.7 Å². The highest BCUT2D eigenvalue weighted by Crippen LogP contribution is 2.32. The van der Waals surface area contributed by atoms with Gasteiger partial charge in [0.1, 0.15) is 0 Å². The minimum Gasteiger partial charge on any atom is -0.459 e. The van der Waals surface area contributed by atoms with Crippen LogP contribution in [0.3, 0.4) is 0 Å². The lowest BCUT2D eigenvalue weighted by atomic mass is 9.94. The van der Waals surface area contributed by atoms with Gasteiger partial charge in [-0.2, -0.15) is 0 Å². The van der Waals surface area contributed by atoms with Crippen LogP contribution < -0.4 is 16.0 Å². The molecule has 1 aliphatic rings. The van der Waals surface area contributed by atoms with Crippen molar-refractivity contribution in [2.75, 3.05) is 17.2 Å². The number of ether oxygens (including phenoxy) is 1. The first-order chi connectivity index (χ1) is 16.2. The van der Waals surface area contributed by atoms with Crippen molar-refractivity contribution in [3.8, 4) is 0 Å². The van der Waals surface area contributed by atoms with Crippen molar-refractivity contribution < 1.29 is 19.1 Å². The van der Waals surface area contributed by atoms with Gasteiger partial charge in [-0.3, -0.25) is 4.90 Å². The van der Waals surface area contributed by atoms with Gasteiger partial charge in [0, 0.05) is 28.6 Å². The predicted molar refractivity (Wildman–Crippen MR) is 133 cm³/mol. The molecule has 1 aliphatic heterocycles. The van der Waals surface area contributed by atoms with E-state index in [1.807, 2.05) is 6.92 Å². The minimum absolute atomic E-state index is 0.270. The van der Waals surface area contributed by atoms with Gasteiger partial charge in [0.15, 0.2) is 0 Å². The molecule has 0 saturated carbocycles. The molecule has 0 saturated heterocycles. The summed E-state index contributed by atoms with van der Waals surface area (Å²) >= 11 is 5.95. The number of nitrogens with one attached hydrogen (secondary N) is 3. The highest BCUT2D eigenvalue weighted by molar-refractivity contribution is 6.30. The van der Waals surface area contributed by atoms with Crippen LogP contribution in [0.25, 0.3) is 0 Å². The Labute approximate surface area is 204 Å². The lowest BCUT2D eigenvalue weighted by Crippen LogP contribution is -2.48. The molecule has 4 amide bonds. The third kappa shape index (κ3) is 6.08. The van der Waals surface area contributed by atoms with Crippen molar-refractivity contribution in [2.45, 2.75) is 46.3 Å². The number of nitrogens with zero attached hydrogens (tertiary/aromatic N) is 1. The normalized spacial score (nSPS) is 15.8. The molecule has 8 nitrogen and oxygen atoms in total. The number of amides is 4. The van der Waals surface area contributed by atoms with E-state index in [4.69, 9.17) is 16.3 Å². The molecule has 2 aromatic rings. The van der Waals surface area contributed by atoms with Crippen LogP contribution in [0.1, 0.15) is 45.7 Å². The van der Waals surface area contributed by atoms with Crippen LogP contribution in [0.5, 0.6) is 0 Å². The van der Waals surface area contributed by atoms with E-state index in [-0.39, 0.29) is 12.1 Å². The average Bonchev–Trinajstić information content (AvgIpc) is 2.76. The molecule has 0 radical (unpaired) electrons. The van der Waals surface area contributed by atoms with Gasteiger partial charge in [-0.25, -0.2) is 14.4 Å². The van der Waals surface area contributed by atoms with E-state index >= 15 is 0 Å². The van der Waals surface area contributed by atoms with Crippen molar-refractivity contribution in [1.82, 2.24) is 10.2 Å². The zero-order valence-corrected chi connectivity index (χ0v) is 20.4. The molecular formula is C25H29ClN4O4. The maximum absolute atomic E-state index is 12.9. The summed E-state index contributed by atoms with van der Waals surface area (Å²) in [5.41, 5.74) is 2.77. The number of anilines is 2. The molecule has 2 aromatic carbocycles. The number of esters is 1. The quantitative estimate of drug-likeness (QED) is 0.440. The van der Waals surface area contributed by atoms with E-state index in [0.717, 1.165) is 6.42 Å². The van der Waals surface area contributed by atoms with Crippen LogP contribution in [0.4, 0.5) is 21.0 Å². The standard InChI is InChI=1S/C25H29ClN4O4/c1-5-13-30-16(4)21(23(31)34-15(2)3)22(29-25(30)33)17-9-11-19(12-10-17)27-24(32)28-20-8-6-7-18(26)14-20/h6-12,14-15,22H,5,13H2,1-4H3,(H,29,33)(H2,27,28,32). The lowest BCUT2D eigenvalue weighted by molar-refractivity contribution is -0.143. The number of carbonyl (C=O) groups is 3. The Morgan fingerprint density at radius 1 is 1.12 bits per heavy atom. The number of allylic oxidation sites excluding steroid dienone is 1. The second-order valence-electron chi connectivity index (χ2n) is 8.20. The molecular weight excluding hydrogens is 456 g/mol. The first-order valence-electron chi connectivity index (χ1n) is 11.1. The maximum Gasteiger partial charge on any atom is 0.338 e. The van der Waals surface area contributed by atoms with E-state index in [1.165, 1.54) is 0 Å². The molecule has 3 rings (SSSR count). The molecule has 0 aromatic heterocycles. The molecule has 9 heteroatoms. The Kier molecular flexibility index (Phi) is 8.17. The second kappa shape index (κ2) is 11.1. The van der Waals surface area contributed by atoms with Crippen LogP contribution in [0, 0.1) is 0 Å². The van der Waals surface area contributed by atoms with Gasteiger partial charge in [0.25, 0.3) is 0 Å². The van der Waals surface area contributed by atoms with Crippen LogP contribution in [0.15, 0.2) is 59.8 Å². The minimum atomic E-state index is -0.666. The molecule has 0 aliphatic carbocycles. The number of rotatable bonds is 7. The fourth-order valence-corrected chi connectivity index (χ4v) is 3.88. The number of hydrogen-bond acceptors (Lipinski definition) is 4. The number of carbonyl (C=O) groups excluding carboxylic acids is 3. The fraction of sp³-hybridized carbons (Fsp3) is 0.320. The fourth-order valence-electron chi connectivity index (χ4n) is 3.68. The highest BCUT2D eigenvalue weighted by Gasteiger charge is 2.36. The summed E-state index contributed by atoms with van der Waals surface area (Å²) < 4.78 is 5.47. The third-order valence-corrected chi connectivity index (χ3v) is 5.43. The van der Waals surface area contributed by atoms with Gasteiger partial charge in [-0.15, -0.1) is 0 Å². The van der Waals surface area contributed by atoms with Crippen LogP contribution >= 0.6 is 11.6 Å². The first kappa shape index (κ1) is 25.1. The van der Waals surface area contributed by atoms with Crippen molar-refractivity contribution in [3.63, 3.8) is 0 Å². The second-order valence-corrected chi connectivity index (χ2v) is 8.64. The Balaban J connectivity index is 1.81. The molecule has 0 spiro atoms. The summed E-state index contributed by atoms with van der Waals surface area (Å²) in [5, 5.41) is 8.90. The van der Waals surface area contributed by atoms with Gasteiger partial charge < -0.3 is 20.7 Å². The molecule has 0 fully saturated rings. The van der Waals surface area contributed by atoms with E-state index < -0.39 is 18.0 Å². The number of hydrogen-bond donors (Lipinski definition) is 3. The topological polar surface area (TPSA) is 99.8 Å². The predicted octanol–water partition coefficient (Wildman–Crippen LogP) is 5.69. The van der Waals surface area contributed by atoms with Crippen molar-refractivity contribution >= 4 is 41.0 Å². The van der Waals surface area contributed by atoms with Gasteiger partial charge in [-0.05, 0) is 63.1 Å². The molecule has 0 bridgehead atoms. The third-order valence-electron chi connectivity index (χ3n) is 5.19. The van der Waals surface area contributed by atoms with Crippen molar-refractivity contribution in [2.24, 2.45) is 0 Å². The van der Waals surface area contributed by atoms with Crippen molar-refractivity contribution in [1.29, 1.82) is 0 Å². The summed E-state index contributed by atoms with van der Waals surface area (Å²) in [6.07, 6.45) is 0.454. The number of urea groups is 2. The monoisotopic (exact) mass is 484 g/mol. The Morgan fingerprint density at radius 3 is 2.41 bits per heavy atom. The van der Waals surface area contributed by atoms with Gasteiger partial charge in [0.2, 0.25) is 0 Å². The number of benzene rings is 2. The zero-order chi connectivity index (χ0) is 24.8. The van der Waals surface area contributed by atoms with E-state index in [0.29, 0.717) is 39.8 Å². The van der Waals surface area contributed by atoms with Gasteiger partial charge >= 0.3 is 18.0 Å². The lowest BCUT2D eigenvalue weighted by Gasteiger charge is -2.35. The number of halogens is 1. The molecule has 34 heavy (non-hydrogen) atoms. The SMILES string of the molecule is CCCN1C(=O)NC(c2ccc(NC(=O)Nc3cccc(Cl)c3)cc2)C(C(=O)OC(C)C)=C1C. The molecule has 1 unspecified atom stereocenters. The van der Waals surface area contributed by atoms with Gasteiger partial charge in [-0.1, -0.05) is 36.7 Å². The summed E-state index contributed by atoms with van der Waals surface area (Å²) in [6.45, 7) is 7.78. The molecule has 1 heterocycles. The first-order valence-corrected chi connectivity index (χ1v) is 11.5. The molecule has 1 atom stereocenters. The van der Waals surface area contributed by atoms with Crippen molar-refractivity contribution in [3.05, 3.63) is 70.4 Å². The van der Waals surface area contributed by atoms with Crippen LogP contribution in [-0.2, 0) is 9.53 Å². The summed E-state index contributed by atoms with van der Waals surface area (Å²) in [4.78, 5) is 39.5. The smallest absolute Gasteiger partial charge is 0.338 e. The van der Waals surface area contributed by atoms with Crippen LogP contribution in [0.2, 0.25) is 5.02 Å². The van der Waals surface area contributed by atoms with E-state index in [2.05, 4.69) is 16.0 Å². The molecule has 3 N–H and O–H groups in total. The Morgan fingerprint density at radius 2 is 1.79 bits per heavy atom. The largest absolute Gasteiger partial charge is 0.459 e. The average molecular weight is 485 g/mol. The van der Waals surface area contributed by atoms with Crippen LogP contribution in [-0.4, -0.2) is 35.6 Å². The highest BCUT2D eigenvalue weighted by atomic mass is 35.5.